The fraction of sp³-hybridized carbons (Fsp3) is 0.357. The lowest BCUT2D eigenvalue weighted by molar-refractivity contribution is 0.0195. The molecule has 0 bridgehead atoms. The molecule has 0 amide bonds. The maximum atomic E-state index is 10.6. The van der Waals surface area contributed by atoms with Crippen molar-refractivity contribution in [2.75, 3.05) is 19.8 Å². The summed E-state index contributed by atoms with van der Waals surface area (Å²) in [5.74, 6) is 0.554. The molecule has 0 saturated carbocycles. The van der Waals surface area contributed by atoms with E-state index in [0.29, 0.717) is 17.9 Å². The van der Waals surface area contributed by atoms with E-state index in [1.165, 1.54) is 0 Å². The topological polar surface area (TPSA) is 55.8 Å². The molecule has 1 N–H and O–H groups in total. The first-order chi connectivity index (χ1) is 8.61. The number of ether oxygens (including phenoxy) is 2. The second kappa shape index (κ2) is 7.63. The monoisotopic (exact) mass is 250 g/mol. The summed E-state index contributed by atoms with van der Waals surface area (Å²) in [6, 6.07) is 6.76. The molecule has 98 valence electrons. The number of hydrogen-bond donors (Lipinski definition) is 1. The van der Waals surface area contributed by atoms with Crippen molar-refractivity contribution in [1.29, 1.82) is 0 Å². The molecule has 0 aliphatic rings. The molecular formula is C14H18O4. The molecule has 0 aliphatic heterocycles. The molecule has 1 unspecified atom stereocenters. The van der Waals surface area contributed by atoms with Crippen LogP contribution in [0.2, 0.25) is 0 Å². The third-order valence-corrected chi connectivity index (χ3v) is 2.10. The highest BCUT2D eigenvalue weighted by molar-refractivity contribution is 5.75. The Labute approximate surface area is 107 Å². The van der Waals surface area contributed by atoms with Gasteiger partial charge in [0.15, 0.2) is 0 Å². The summed E-state index contributed by atoms with van der Waals surface area (Å²) in [7, 11) is 0. The van der Waals surface area contributed by atoms with Gasteiger partial charge in [-0.1, -0.05) is 24.3 Å². The average Bonchev–Trinajstić information content (AvgIpc) is 2.36. The van der Waals surface area contributed by atoms with E-state index < -0.39 is 6.10 Å². The molecule has 1 aromatic rings. The van der Waals surface area contributed by atoms with Crippen molar-refractivity contribution in [2.45, 2.75) is 13.0 Å². The van der Waals surface area contributed by atoms with Crippen LogP contribution in [0.15, 0.2) is 36.4 Å². The van der Waals surface area contributed by atoms with Crippen LogP contribution in [0.3, 0.4) is 0 Å². The average molecular weight is 250 g/mol. The normalized spacial score (nSPS) is 11.9. The molecule has 1 rings (SSSR count). The van der Waals surface area contributed by atoms with Gasteiger partial charge in [0.2, 0.25) is 0 Å². The lowest BCUT2D eigenvalue weighted by Gasteiger charge is -2.13. The Morgan fingerprint density at radius 2 is 2.28 bits per heavy atom. The lowest BCUT2D eigenvalue weighted by Crippen LogP contribution is -2.23. The molecule has 4 nitrogen and oxygen atoms in total. The number of benzene rings is 1. The molecule has 0 aromatic heterocycles. The van der Waals surface area contributed by atoms with Crippen molar-refractivity contribution >= 4 is 6.29 Å². The van der Waals surface area contributed by atoms with Gasteiger partial charge in [0.1, 0.15) is 24.7 Å². The fourth-order valence-corrected chi connectivity index (χ4v) is 1.29. The number of aliphatic hydroxyl groups excluding tert-OH is 1. The van der Waals surface area contributed by atoms with Gasteiger partial charge in [-0.2, -0.15) is 0 Å². The van der Waals surface area contributed by atoms with Crippen LogP contribution in [-0.2, 0) is 4.74 Å². The lowest BCUT2D eigenvalue weighted by atomic mass is 10.2. The minimum atomic E-state index is -0.704. The summed E-state index contributed by atoms with van der Waals surface area (Å²) in [5.41, 5.74) is 1.45. The third-order valence-electron chi connectivity index (χ3n) is 2.10. The minimum absolute atomic E-state index is 0.124. The molecule has 1 atom stereocenters. The predicted octanol–water partition coefficient (Wildman–Crippen LogP) is 1.83. The van der Waals surface area contributed by atoms with Gasteiger partial charge in [0.05, 0.1) is 13.2 Å². The molecule has 0 aliphatic carbocycles. The van der Waals surface area contributed by atoms with Gasteiger partial charge < -0.3 is 14.6 Å². The third kappa shape index (κ3) is 5.61. The van der Waals surface area contributed by atoms with Crippen LogP contribution in [-0.4, -0.2) is 37.3 Å². The van der Waals surface area contributed by atoms with Crippen LogP contribution in [0.5, 0.6) is 5.75 Å². The number of hydrogen-bond acceptors (Lipinski definition) is 4. The van der Waals surface area contributed by atoms with E-state index in [1.54, 1.807) is 24.3 Å². The summed E-state index contributed by atoms with van der Waals surface area (Å²) in [4.78, 5) is 10.6. The number of carbonyl (C=O) groups is 1. The summed E-state index contributed by atoms with van der Waals surface area (Å²) < 4.78 is 10.6. The molecule has 0 radical (unpaired) electrons. The summed E-state index contributed by atoms with van der Waals surface area (Å²) in [5, 5.41) is 9.60. The quantitative estimate of drug-likeness (QED) is 0.565. The number of aldehydes is 1. The van der Waals surface area contributed by atoms with Crippen molar-refractivity contribution in [1.82, 2.24) is 0 Å². The zero-order valence-corrected chi connectivity index (χ0v) is 10.5. The number of rotatable bonds is 8. The molecule has 4 heteroatoms. The summed E-state index contributed by atoms with van der Waals surface area (Å²) in [6.45, 7) is 6.30. The van der Waals surface area contributed by atoms with Crippen molar-refractivity contribution in [2.24, 2.45) is 0 Å². The van der Waals surface area contributed by atoms with Gasteiger partial charge >= 0.3 is 0 Å². The second-order valence-electron chi connectivity index (χ2n) is 4.13. The van der Waals surface area contributed by atoms with Crippen LogP contribution in [0.25, 0.3) is 0 Å². The van der Waals surface area contributed by atoms with Gasteiger partial charge in [0.25, 0.3) is 0 Å². The fourth-order valence-electron chi connectivity index (χ4n) is 1.29. The van der Waals surface area contributed by atoms with E-state index in [0.717, 1.165) is 11.9 Å². The molecule has 0 fully saturated rings. The Balaban J connectivity index is 2.30. The largest absolute Gasteiger partial charge is 0.491 e. The highest BCUT2D eigenvalue weighted by Gasteiger charge is 2.05. The van der Waals surface area contributed by atoms with Crippen LogP contribution >= 0.6 is 0 Å². The smallest absolute Gasteiger partial charge is 0.150 e. The van der Waals surface area contributed by atoms with Gasteiger partial charge in [-0.05, 0) is 19.1 Å². The molecular weight excluding hydrogens is 232 g/mol. The van der Waals surface area contributed by atoms with Gasteiger partial charge in [-0.15, -0.1) is 0 Å². The highest BCUT2D eigenvalue weighted by atomic mass is 16.5. The number of aliphatic hydroxyl groups is 1. The zero-order valence-electron chi connectivity index (χ0n) is 10.5. The van der Waals surface area contributed by atoms with E-state index in [9.17, 15) is 9.90 Å². The molecule has 0 heterocycles. The van der Waals surface area contributed by atoms with Crippen molar-refractivity contribution in [3.63, 3.8) is 0 Å². The van der Waals surface area contributed by atoms with Gasteiger partial charge in [0, 0.05) is 5.56 Å². The Morgan fingerprint density at radius 1 is 1.50 bits per heavy atom. The van der Waals surface area contributed by atoms with E-state index in [1.807, 2.05) is 6.92 Å². The summed E-state index contributed by atoms with van der Waals surface area (Å²) in [6.07, 6.45) is 0.0449. The molecule has 0 saturated heterocycles. The molecule has 0 spiro atoms. The SMILES string of the molecule is C=C(C)COCC(O)COc1cccc(C=O)c1. The van der Waals surface area contributed by atoms with Crippen LogP contribution < -0.4 is 4.74 Å². The first-order valence-corrected chi connectivity index (χ1v) is 5.70. The standard InChI is InChI=1S/C14H18O4/c1-11(2)8-17-9-13(16)10-18-14-5-3-4-12(6-14)7-15/h3-7,13,16H,1,8-10H2,2H3. The Hall–Kier alpha value is -1.65. The Bertz CT molecular complexity index is 401. The molecule has 18 heavy (non-hydrogen) atoms. The maximum Gasteiger partial charge on any atom is 0.150 e. The van der Waals surface area contributed by atoms with E-state index >= 15 is 0 Å². The van der Waals surface area contributed by atoms with Gasteiger partial charge in [-0.25, -0.2) is 0 Å². The maximum absolute atomic E-state index is 10.6. The first kappa shape index (κ1) is 14.4. The van der Waals surface area contributed by atoms with Crippen molar-refractivity contribution < 1.29 is 19.4 Å². The van der Waals surface area contributed by atoms with Crippen molar-refractivity contribution in [3.05, 3.63) is 42.0 Å². The van der Waals surface area contributed by atoms with Crippen LogP contribution in [0.1, 0.15) is 17.3 Å². The molecule has 1 aromatic carbocycles. The highest BCUT2D eigenvalue weighted by Crippen LogP contribution is 2.12. The van der Waals surface area contributed by atoms with Crippen LogP contribution in [0.4, 0.5) is 0 Å². The predicted molar refractivity (Wildman–Crippen MR) is 69.0 cm³/mol. The minimum Gasteiger partial charge on any atom is -0.491 e. The zero-order chi connectivity index (χ0) is 13.4. The van der Waals surface area contributed by atoms with E-state index in [2.05, 4.69) is 6.58 Å². The van der Waals surface area contributed by atoms with Crippen LogP contribution in [0, 0.1) is 0 Å². The van der Waals surface area contributed by atoms with E-state index in [-0.39, 0.29) is 13.2 Å². The second-order valence-corrected chi connectivity index (χ2v) is 4.13. The summed E-state index contributed by atoms with van der Waals surface area (Å²) >= 11 is 0. The number of carbonyl (C=O) groups excluding carboxylic acids is 1. The van der Waals surface area contributed by atoms with E-state index in [4.69, 9.17) is 9.47 Å². The Morgan fingerprint density at radius 3 is 2.94 bits per heavy atom. The van der Waals surface area contributed by atoms with Crippen molar-refractivity contribution in [3.8, 4) is 5.75 Å². The van der Waals surface area contributed by atoms with Gasteiger partial charge in [-0.3, -0.25) is 4.79 Å². The first-order valence-electron chi connectivity index (χ1n) is 5.70. The Kier molecular flexibility index (Phi) is 6.11.